The van der Waals surface area contributed by atoms with Gasteiger partial charge in [0, 0.05) is 10.7 Å². The van der Waals surface area contributed by atoms with Crippen molar-refractivity contribution in [2.45, 2.75) is 0 Å². The number of H-pyrrole nitrogens is 1. The molecule has 3 aromatic heterocycles. The highest BCUT2D eigenvalue weighted by atomic mass is 79.9. The summed E-state index contributed by atoms with van der Waals surface area (Å²) in [5, 5.41) is 0. The third kappa shape index (κ3) is 1.58. The summed E-state index contributed by atoms with van der Waals surface area (Å²) in [6, 6.07) is 3.78. The molecule has 0 saturated carbocycles. The fourth-order valence-corrected chi connectivity index (χ4v) is 2.22. The van der Waals surface area contributed by atoms with E-state index in [0.717, 1.165) is 21.4 Å². The third-order valence-electron chi connectivity index (χ3n) is 2.18. The van der Waals surface area contributed by atoms with Crippen LogP contribution in [-0.2, 0) is 0 Å². The molecule has 0 amide bonds. The third-order valence-corrected chi connectivity index (χ3v) is 3.22. The van der Waals surface area contributed by atoms with E-state index in [9.17, 15) is 0 Å². The lowest BCUT2D eigenvalue weighted by Crippen LogP contribution is -1.77. The Hall–Kier alpha value is -1.14. The zero-order valence-corrected chi connectivity index (χ0v) is 11.0. The van der Waals surface area contributed by atoms with Crippen LogP contribution in [0.15, 0.2) is 38.2 Å². The first-order valence-electron chi connectivity index (χ1n) is 4.48. The normalized spacial score (nSPS) is 11.1. The van der Waals surface area contributed by atoms with Gasteiger partial charge in [0.05, 0.1) is 17.3 Å². The Kier molecular flexibility index (Phi) is 2.33. The van der Waals surface area contributed by atoms with Crippen molar-refractivity contribution in [1.29, 1.82) is 0 Å². The second kappa shape index (κ2) is 3.71. The molecule has 0 atom stereocenters. The zero-order chi connectivity index (χ0) is 11.1. The van der Waals surface area contributed by atoms with Crippen molar-refractivity contribution < 1.29 is 4.42 Å². The van der Waals surface area contributed by atoms with Crippen LogP contribution >= 0.6 is 31.9 Å². The number of hydrogen-bond acceptors (Lipinski definition) is 3. The van der Waals surface area contributed by atoms with Crippen LogP contribution in [0.2, 0.25) is 0 Å². The second-order valence-corrected chi connectivity index (χ2v) is 4.85. The number of imidazole rings is 1. The molecule has 0 aliphatic carbocycles. The summed E-state index contributed by atoms with van der Waals surface area (Å²) in [7, 11) is 0. The number of aromatic nitrogens is 3. The molecule has 1 N–H and O–H groups in total. The SMILES string of the molecule is Brc1cnc2nc(-c3ccoc3Br)[nH]c2c1. The van der Waals surface area contributed by atoms with Crippen molar-refractivity contribution in [2.75, 3.05) is 0 Å². The van der Waals surface area contributed by atoms with Gasteiger partial charge in [-0.25, -0.2) is 9.97 Å². The largest absolute Gasteiger partial charge is 0.457 e. The summed E-state index contributed by atoms with van der Waals surface area (Å²) >= 11 is 6.69. The highest BCUT2D eigenvalue weighted by Crippen LogP contribution is 2.28. The summed E-state index contributed by atoms with van der Waals surface area (Å²) < 4.78 is 6.74. The quantitative estimate of drug-likeness (QED) is 0.732. The molecule has 0 fully saturated rings. The molecule has 0 bridgehead atoms. The van der Waals surface area contributed by atoms with Crippen molar-refractivity contribution in [3.8, 4) is 11.4 Å². The van der Waals surface area contributed by atoms with Crippen LogP contribution in [0.5, 0.6) is 0 Å². The van der Waals surface area contributed by atoms with Gasteiger partial charge in [-0.1, -0.05) is 0 Å². The van der Waals surface area contributed by atoms with Gasteiger partial charge in [-0.3, -0.25) is 0 Å². The maximum Gasteiger partial charge on any atom is 0.179 e. The van der Waals surface area contributed by atoms with E-state index in [2.05, 4.69) is 46.8 Å². The monoisotopic (exact) mass is 341 g/mol. The Morgan fingerprint density at radius 3 is 2.94 bits per heavy atom. The summed E-state index contributed by atoms with van der Waals surface area (Å²) in [5.74, 6) is 0.737. The van der Waals surface area contributed by atoms with E-state index in [4.69, 9.17) is 4.42 Å². The summed E-state index contributed by atoms with van der Waals surface area (Å²) in [4.78, 5) is 11.8. The minimum absolute atomic E-state index is 0.658. The van der Waals surface area contributed by atoms with E-state index in [-0.39, 0.29) is 0 Å². The maximum absolute atomic E-state index is 5.17. The van der Waals surface area contributed by atoms with Crippen molar-refractivity contribution in [1.82, 2.24) is 15.0 Å². The van der Waals surface area contributed by atoms with E-state index >= 15 is 0 Å². The molecule has 0 unspecified atom stereocenters. The van der Waals surface area contributed by atoms with Crippen LogP contribution in [-0.4, -0.2) is 15.0 Å². The topological polar surface area (TPSA) is 54.7 Å². The number of nitrogens with zero attached hydrogens (tertiary/aromatic N) is 2. The van der Waals surface area contributed by atoms with Crippen molar-refractivity contribution in [3.63, 3.8) is 0 Å². The molecule has 3 aromatic rings. The number of rotatable bonds is 1. The van der Waals surface area contributed by atoms with Gasteiger partial charge in [0.15, 0.2) is 10.3 Å². The predicted octanol–water partition coefficient (Wildman–Crippen LogP) is 3.74. The fourth-order valence-electron chi connectivity index (χ4n) is 1.46. The highest BCUT2D eigenvalue weighted by Gasteiger charge is 2.11. The van der Waals surface area contributed by atoms with Gasteiger partial charge in [-0.05, 0) is 44.0 Å². The van der Waals surface area contributed by atoms with Crippen molar-refractivity contribution >= 4 is 43.0 Å². The first kappa shape index (κ1) is 10.0. The smallest absolute Gasteiger partial charge is 0.179 e. The van der Waals surface area contributed by atoms with Crippen LogP contribution in [0.4, 0.5) is 0 Å². The Morgan fingerprint density at radius 1 is 1.31 bits per heavy atom. The number of aromatic amines is 1. The van der Waals surface area contributed by atoms with Crippen LogP contribution in [0, 0.1) is 0 Å². The number of halogens is 2. The fraction of sp³-hybridized carbons (Fsp3) is 0. The van der Waals surface area contributed by atoms with Gasteiger partial charge >= 0.3 is 0 Å². The molecule has 0 radical (unpaired) electrons. The van der Waals surface area contributed by atoms with E-state index in [1.54, 1.807) is 12.5 Å². The molecule has 0 spiro atoms. The van der Waals surface area contributed by atoms with Gasteiger partial charge < -0.3 is 9.40 Å². The van der Waals surface area contributed by atoms with Crippen LogP contribution < -0.4 is 0 Å². The van der Waals surface area contributed by atoms with Crippen LogP contribution in [0.1, 0.15) is 0 Å². The average Bonchev–Trinajstić information content (AvgIpc) is 2.82. The Bertz CT molecular complexity index is 659. The summed E-state index contributed by atoms with van der Waals surface area (Å²) in [6.07, 6.45) is 3.33. The number of pyridine rings is 1. The number of fused-ring (bicyclic) bond motifs is 1. The number of nitrogens with one attached hydrogen (secondary N) is 1. The van der Waals surface area contributed by atoms with Gasteiger partial charge in [0.25, 0.3) is 0 Å². The Balaban J connectivity index is 2.23. The molecule has 16 heavy (non-hydrogen) atoms. The Morgan fingerprint density at radius 2 is 2.19 bits per heavy atom. The molecule has 3 rings (SSSR count). The van der Waals surface area contributed by atoms with Gasteiger partial charge in [0.1, 0.15) is 5.82 Å². The van der Waals surface area contributed by atoms with Crippen LogP contribution in [0.25, 0.3) is 22.6 Å². The zero-order valence-electron chi connectivity index (χ0n) is 7.87. The summed E-state index contributed by atoms with van der Waals surface area (Å²) in [6.45, 7) is 0. The highest BCUT2D eigenvalue weighted by molar-refractivity contribution is 9.10. The number of hydrogen-bond donors (Lipinski definition) is 1. The van der Waals surface area contributed by atoms with Gasteiger partial charge in [0.2, 0.25) is 0 Å². The van der Waals surface area contributed by atoms with E-state index in [1.165, 1.54) is 0 Å². The van der Waals surface area contributed by atoms with Crippen LogP contribution in [0.3, 0.4) is 0 Å². The standard InChI is InChI=1S/C10H5Br2N3O/c11-5-3-7-10(13-4-5)15-9(14-7)6-1-2-16-8(6)12/h1-4H,(H,13,14,15). The molecule has 3 heterocycles. The molecule has 0 aliphatic rings. The summed E-state index contributed by atoms with van der Waals surface area (Å²) in [5.41, 5.74) is 2.46. The second-order valence-electron chi connectivity index (χ2n) is 3.22. The lowest BCUT2D eigenvalue weighted by Gasteiger charge is -1.89. The molecule has 6 heteroatoms. The first-order valence-corrected chi connectivity index (χ1v) is 6.07. The molecule has 0 aliphatic heterocycles. The molecule has 4 nitrogen and oxygen atoms in total. The molecule has 0 saturated heterocycles. The lowest BCUT2D eigenvalue weighted by atomic mass is 10.3. The number of furan rings is 1. The van der Waals surface area contributed by atoms with Crippen molar-refractivity contribution in [3.05, 3.63) is 33.7 Å². The first-order chi connectivity index (χ1) is 7.74. The van der Waals surface area contributed by atoms with E-state index in [1.807, 2.05) is 12.1 Å². The van der Waals surface area contributed by atoms with Crippen molar-refractivity contribution in [2.24, 2.45) is 0 Å². The molecule has 80 valence electrons. The molecular formula is C10H5Br2N3O. The molecular weight excluding hydrogens is 338 g/mol. The lowest BCUT2D eigenvalue weighted by molar-refractivity contribution is 0.542. The van der Waals surface area contributed by atoms with E-state index < -0.39 is 0 Å². The average molecular weight is 343 g/mol. The van der Waals surface area contributed by atoms with Gasteiger partial charge in [-0.2, -0.15) is 0 Å². The van der Waals surface area contributed by atoms with E-state index in [0.29, 0.717) is 10.3 Å². The Labute approximate surface area is 107 Å². The maximum atomic E-state index is 5.17. The minimum Gasteiger partial charge on any atom is -0.457 e. The predicted molar refractivity (Wildman–Crippen MR) is 67.0 cm³/mol. The van der Waals surface area contributed by atoms with Gasteiger partial charge in [-0.15, -0.1) is 0 Å². The minimum atomic E-state index is 0.658. The molecule has 0 aromatic carbocycles.